The zero-order chi connectivity index (χ0) is 12.1. The highest BCUT2D eigenvalue weighted by Crippen LogP contribution is 2.06. The van der Waals surface area contributed by atoms with E-state index in [1.807, 2.05) is 0 Å². The van der Waals surface area contributed by atoms with E-state index in [2.05, 4.69) is 4.74 Å². The summed E-state index contributed by atoms with van der Waals surface area (Å²) in [5.41, 5.74) is 0.897. The first-order chi connectivity index (χ1) is 7.54. The van der Waals surface area contributed by atoms with E-state index in [1.165, 1.54) is 31.4 Å². The predicted molar refractivity (Wildman–Crippen MR) is 54.1 cm³/mol. The molecule has 0 bridgehead atoms. The summed E-state index contributed by atoms with van der Waals surface area (Å²) in [6.45, 7) is 0. The van der Waals surface area contributed by atoms with Crippen molar-refractivity contribution in [3.05, 3.63) is 35.4 Å². The van der Waals surface area contributed by atoms with Crippen LogP contribution in [0.2, 0.25) is 0 Å². The molecule has 0 spiro atoms. The van der Waals surface area contributed by atoms with Crippen molar-refractivity contribution < 1.29 is 24.2 Å². The van der Waals surface area contributed by atoms with E-state index in [9.17, 15) is 14.4 Å². The molecule has 0 radical (unpaired) electrons. The predicted octanol–water partition coefficient (Wildman–Crippen LogP) is 0.669. The Morgan fingerprint density at radius 3 is 2.19 bits per heavy atom. The average Bonchev–Trinajstić information content (AvgIpc) is 2.28. The molecule has 1 rings (SSSR count). The second kappa shape index (κ2) is 5.06. The first-order valence-corrected chi connectivity index (χ1v) is 4.48. The van der Waals surface area contributed by atoms with Crippen molar-refractivity contribution in [1.29, 1.82) is 0 Å². The fourth-order valence-electron chi connectivity index (χ4n) is 1.14. The Morgan fingerprint density at radius 1 is 1.19 bits per heavy atom. The number of Topliss-reactive ketones (excluding diaryl/α,β-unsaturated/α-hetero) is 1. The van der Waals surface area contributed by atoms with Crippen molar-refractivity contribution in [2.45, 2.75) is 6.42 Å². The lowest BCUT2D eigenvalue weighted by Gasteiger charge is -2.01. The van der Waals surface area contributed by atoms with Crippen molar-refractivity contribution in [3.8, 4) is 0 Å². The number of rotatable bonds is 4. The van der Waals surface area contributed by atoms with Gasteiger partial charge in [-0.2, -0.15) is 0 Å². The minimum Gasteiger partial charge on any atom is -0.475 e. The Balaban J connectivity index is 2.76. The van der Waals surface area contributed by atoms with E-state index in [0.717, 1.165) is 0 Å². The molecule has 0 amide bonds. The largest absolute Gasteiger partial charge is 0.475 e. The monoisotopic (exact) mass is 222 g/mol. The third-order valence-corrected chi connectivity index (χ3v) is 1.98. The number of hydrogen-bond donors (Lipinski definition) is 1. The number of methoxy groups -OCH3 is 1. The Morgan fingerprint density at radius 2 is 1.75 bits per heavy atom. The average molecular weight is 222 g/mol. The summed E-state index contributed by atoms with van der Waals surface area (Å²) >= 11 is 0. The maximum absolute atomic E-state index is 11.1. The van der Waals surface area contributed by atoms with Crippen molar-refractivity contribution >= 4 is 17.7 Å². The van der Waals surface area contributed by atoms with Crippen molar-refractivity contribution in [2.75, 3.05) is 7.11 Å². The maximum Gasteiger partial charge on any atom is 0.372 e. The van der Waals surface area contributed by atoms with E-state index in [-0.39, 0.29) is 6.42 Å². The fraction of sp³-hybridized carbons (Fsp3) is 0.182. The van der Waals surface area contributed by atoms with Gasteiger partial charge in [0.1, 0.15) is 0 Å². The Bertz CT molecular complexity index is 419. The highest BCUT2D eigenvalue weighted by molar-refractivity contribution is 6.33. The van der Waals surface area contributed by atoms with Crippen molar-refractivity contribution in [1.82, 2.24) is 0 Å². The summed E-state index contributed by atoms with van der Waals surface area (Å²) in [5, 5.41) is 8.40. The number of carboxylic acids is 1. The van der Waals surface area contributed by atoms with Gasteiger partial charge in [-0.05, 0) is 17.7 Å². The zero-order valence-corrected chi connectivity index (χ0v) is 8.60. The van der Waals surface area contributed by atoms with Crippen LogP contribution in [0.3, 0.4) is 0 Å². The van der Waals surface area contributed by atoms with Gasteiger partial charge in [-0.1, -0.05) is 12.1 Å². The van der Waals surface area contributed by atoms with E-state index < -0.39 is 17.7 Å². The van der Waals surface area contributed by atoms with Crippen LogP contribution < -0.4 is 0 Å². The number of esters is 1. The van der Waals surface area contributed by atoms with Gasteiger partial charge in [0.15, 0.2) is 0 Å². The number of carbonyl (C=O) groups is 3. The molecule has 0 aliphatic carbocycles. The van der Waals surface area contributed by atoms with Gasteiger partial charge < -0.3 is 9.84 Å². The molecule has 1 aromatic carbocycles. The van der Waals surface area contributed by atoms with Gasteiger partial charge in [0, 0.05) is 6.42 Å². The quantitative estimate of drug-likeness (QED) is 0.598. The second-order valence-corrected chi connectivity index (χ2v) is 3.09. The number of ether oxygens (including phenoxy) is 1. The van der Waals surface area contributed by atoms with E-state index >= 15 is 0 Å². The van der Waals surface area contributed by atoms with Gasteiger partial charge in [0.05, 0.1) is 12.7 Å². The third kappa shape index (κ3) is 2.91. The van der Waals surface area contributed by atoms with Crippen LogP contribution in [-0.2, 0) is 20.7 Å². The molecule has 5 nitrogen and oxygen atoms in total. The summed E-state index contributed by atoms with van der Waals surface area (Å²) in [6, 6.07) is 6.01. The number of aliphatic carboxylic acids is 1. The Hall–Kier alpha value is -2.17. The van der Waals surface area contributed by atoms with Gasteiger partial charge in [-0.15, -0.1) is 0 Å². The second-order valence-electron chi connectivity index (χ2n) is 3.09. The van der Waals surface area contributed by atoms with E-state index in [0.29, 0.717) is 11.1 Å². The van der Waals surface area contributed by atoms with Crippen molar-refractivity contribution in [2.24, 2.45) is 0 Å². The number of ketones is 1. The molecule has 0 aliphatic rings. The lowest BCUT2D eigenvalue weighted by Crippen LogP contribution is -2.15. The summed E-state index contributed by atoms with van der Waals surface area (Å²) in [6.07, 6.45) is -0.184. The molecule has 1 aromatic rings. The number of benzene rings is 1. The lowest BCUT2D eigenvalue weighted by atomic mass is 10.1. The van der Waals surface area contributed by atoms with Crippen LogP contribution in [0.4, 0.5) is 0 Å². The molecule has 0 saturated heterocycles. The van der Waals surface area contributed by atoms with Crippen LogP contribution in [0.15, 0.2) is 24.3 Å². The Kier molecular flexibility index (Phi) is 3.77. The standard InChI is InChI=1S/C11H10O5/c1-16-11(15)8-4-2-7(3-5-8)6-9(12)10(13)14/h2-5H,6H2,1H3,(H,13,14). The van der Waals surface area contributed by atoms with E-state index in [1.54, 1.807) is 0 Å². The van der Waals surface area contributed by atoms with Gasteiger partial charge in [0.25, 0.3) is 0 Å². The van der Waals surface area contributed by atoms with Gasteiger partial charge in [-0.3, -0.25) is 4.79 Å². The molecule has 0 aliphatic heterocycles. The molecule has 16 heavy (non-hydrogen) atoms. The summed E-state index contributed by atoms with van der Waals surface area (Å²) in [5.74, 6) is -2.82. The van der Waals surface area contributed by atoms with Crippen LogP contribution in [-0.4, -0.2) is 29.9 Å². The minimum absolute atomic E-state index is 0.184. The normalized spacial score (nSPS) is 9.56. The minimum atomic E-state index is -1.46. The van der Waals surface area contributed by atoms with Gasteiger partial charge in [0.2, 0.25) is 5.78 Å². The molecule has 0 atom stereocenters. The van der Waals surface area contributed by atoms with Crippen molar-refractivity contribution in [3.63, 3.8) is 0 Å². The molecule has 5 heteroatoms. The molecule has 0 unspecified atom stereocenters. The molecule has 84 valence electrons. The van der Waals surface area contributed by atoms with Crippen LogP contribution in [0, 0.1) is 0 Å². The smallest absolute Gasteiger partial charge is 0.372 e. The van der Waals surface area contributed by atoms with Crippen LogP contribution in [0.25, 0.3) is 0 Å². The van der Waals surface area contributed by atoms with E-state index in [4.69, 9.17) is 5.11 Å². The molecule has 1 N–H and O–H groups in total. The highest BCUT2D eigenvalue weighted by Gasteiger charge is 2.12. The zero-order valence-electron chi connectivity index (χ0n) is 8.60. The number of hydrogen-bond acceptors (Lipinski definition) is 4. The fourth-order valence-corrected chi connectivity index (χ4v) is 1.14. The van der Waals surface area contributed by atoms with Crippen LogP contribution >= 0.6 is 0 Å². The third-order valence-electron chi connectivity index (χ3n) is 1.98. The molecule has 0 saturated carbocycles. The Labute approximate surface area is 91.6 Å². The maximum atomic E-state index is 11.1. The molecule has 0 heterocycles. The summed E-state index contributed by atoms with van der Waals surface area (Å²) < 4.78 is 4.50. The topological polar surface area (TPSA) is 80.7 Å². The molecule has 0 aromatic heterocycles. The number of carbonyl (C=O) groups excluding carboxylic acids is 2. The molecular formula is C11H10O5. The lowest BCUT2D eigenvalue weighted by molar-refractivity contribution is -0.148. The summed E-state index contributed by atoms with van der Waals surface area (Å²) in [7, 11) is 1.27. The first-order valence-electron chi connectivity index (χ1n) is 4.48. The molecule has 0 fully saturated rings. The molecular weight excluding hydrogens is 212 g/mol. The summed E-state index contributed by atoms with van der Waals surface area (Å²) in [4.78, 5) is 32.3. The number of carboxylic acid groups (broad SMARTS) is 1. The van der Waals surface area contributed by atoms with Gasteiger partial charge in [-0.25, -0.2) is 9.59 Å². The van der Waals surface area contributed by atoms with Crippen LogP contribution in [0.5, 0.6) is 0 Å². The highest BCUT2D eigenvalue weighted by atomic mass is 16.5. The SMILES string of the molecule is COC(=O)c1ccc(CC(=O)C(=O)O)cc1. The van der Waals surface area contributed by atoms with Gasteiger partial charge >= 0.3 is 11.9 Å². The van der Waals surface area contributed by atoms with Crippen LogP contribution in [0.1, 0.15) is 15.9 Å². The first kappa shape index (κ1) is 11.9.